The first-order chi connectivity index (χ1) is 22.5. The molecule has 1 atom stereocenters. The van der Waals surface area contributed by atoms with Crippen LogP contribution in [0.1, 0.15) is 23.5 Å². The van der Waals surface area contributed by atoms with E-state index in [0.29, 0.717) is 46.2 Å². The number of methoxy groups -OCH3 is 2. The highest BCUT2D eigenvalue weighted by Crippen LogP contribution is 2.44. The van der Waals surface area contributed by atoms with Gasteiger partial charge in [-0.05, 0) is 22.3 Å². The Kier molecular flexibility index (Phi) is 17.0. The number of aliphatic carboxylic acids is 1. The minimum atomic E-state index is -1.48. The normalized spacial score (nSPS) is 12.7. The topological polar surface area (TPSA) is 151 Å². The first-order valence-electron chi connectivity index (χ1n) is 15.4. The van der Waals surface area contributed by atoms with Crippen molar-refractivity contribution in [1.82, 2.24) is 10.2 Å². The first kappa shape index (κ1) is 36.9. The zero-order valence-electron chi connectivity index (χ0n) is 26.6. The number of amides is 2. The van der Waals surface area contributed by atoms with Gasteiger partial charge in [-0.15, -0.1) is 0 Å². The molecule has 0 radical (unpaired) electrons. The molecule has 1 aliphatic rings. The van der Waals surface area contributed by atoms with Crippen molar-refractivity contribution in [2.24, 2.45) is 0 Å². The van der Waals surface area contributed by atoms with Crippen LogP contribution in [0, 0.1) is 0 Å². The zero-order valence-corrected chi connectivity index (χ0v) is 26.6. The summed E-state index contributed by atoms with van der Waals surface area (Å²) in [5.41, 5.74) is 4.19. The number of carbonyl (C=O) groups is 3. The van der Waals surface area contributed by atoms with E-state index in [1.807, 2.05) is 48.5 Å². The molecule has 2 N–H and O–H groups in total. The molecule has 0 aliphatic heterocycles. The van der Waals surface area contributed by atoms with Gasteiger partial charge in [0.2, 0.25) is 5.91 Å². The molecule has 0 fully saturated rings. The average Bonchev–Trinajstić information content (AvgIpc) is 3.38. The Labute approximate surface area is 270 Å². The van der Waals surface area contributed by atoms with Gasteiger partial charge in [-0.2, -0.15) is 0 Å². The van der Waals surface area contributed by atoms with Crippen molar-refractivity contribution in [2.75, 3.05) is 100.0 Å². The van der Waals surface area contributed by atoms with E-state index >= 15 is 0 Å². The fraction of sp³-hybridized carbons (Fsp3) is 0.545. The summed E-state index contributed by atoms with van der Waals surface area (Å²) < 4.78 is 37.3. The Balaban J connectivity index is 1.58. The molecule has 1 aliphatic carbocycles. The second kappa shape index (κ2) is 21.3. The second-order valence-electron chi connectivity index (χ2n) is 10.3. The Morgan fingerprint density at radius 2 is 1.24 bits per heavy atom. The van der Waals surface area contributed by atoms with Crippen molar-refractivity contribution in [3.63, 3.8) is 0 Å². The van der Waals surface area contributed by atoms with Gasteiger partial charge in [-0.1, -0.05) is 48.5 Å². The summed E-state index contributed by atoms with van der Waals surface area (Å²) in [5.74, 6) is -2.09. The fourth-order valence-electron chi connectivity index (χ4n) is 4.98. The second-order valence-corrected chi connectivity index (χ2v) is 10.3. The van der Waals surface area contributed by atoms with E-state index in [-0.39, 0.29) is 45.4 Å². The highest BCUT2D eigenvalue weighted by Gasteiger charge is 2.35. The Morgan fingerprint density at radius 3 is 1.78 bits per heavy atom. The van der Waals surface area contributed by atoms with E-state index in [1.54, 1.807) is 14.2 Å². The number of hydrogen-bond acceptors (Lipinski definition) is 10. The van der Waals surface area contributed by atoms with Crippen molar-refractivity contribution in [3.05, 3.63) is 59.7 Å². The standard InChI is InChI=1S/C33H46N2O11/c1-40-15-17-44-21-19-42-13-11-34-31(36)23-30(32(37)38)35(12-14-43-20-22-45-18-16-41-2)33(39)46-24-29-27-9-5-3-7-25(27)26-8-4-6-10-28(26)29/h3-10,29-30H,11-24H2,1-2H3,(H,34,36)(H,37,38)/t30-/m0/s1. The summed E-state index contributed by atoms with van der Waals surface area (Å²) in [6.45, 7) is 3.37. The van der Waals surface area contributed by atoms with Crippen LogP contribution >= 0.6 is 0 Å². The van der Waals surface area contributed by atoms with Gasteiger partial charge < -0.3 is 43.6 Å². The number of carboxylic acids is 1. The van der Waals surface area contributed by atoms with Crippen LogP contribution in [0.2, 0.25) is 0 Å². The predicted octanol–water partition coefficient (Wildman–Crippen LogP) is 2.56. The number of nitrogens with one attached hydrogen (secondary N) is 1. The van der Waals surface area contributed by atoms with E-state index in [0.717, 1.165) is 27.2 Å². The summed E-state index contributed by atoms with van der Waals surface area (Å²) in [7, 11) is 3.16. The fourth-order valence-corrected chi connectivity index (χ4v) is 4.98. The SMILES string of the molecule is COCCOCCOCCNC(=O)C[C@@H](C(=O)O)N(CCOCCOCCOC)C(=O)OCC1c2ccccc2-c2ccccc21. The van der Waals surface area contributed by atoms with Gasteiger partial charge in [0.25, 0.3) is 0 Å². The lowest BCUT2D eigenvalue weighted by molar-refractivity contribution is -0.145. The molecule has 0 saturated heterocycles. The number of carboxylic acid groups (broad SMARTS) is 1. The van der Waals surface area contributed by atoms with Crippen LogP contribution in [-0.4, -0.2) is 134 Å². The van der Waals surface area contributed by atoms with Gasteiger partial charge in [0.1, 0.15) is 12.6 Å². The molecular weight excluding hydrogens is 600 g/mol. The van der Waals surface area contributed by atoms with Crippen molar-refractivity contribution in [1.29, 1.82) is 0 Å². The predicted molar refractivity (Wildman–Crippen MR) is 168 cm³/mol. The molecular formula is C33H46N2O11. The number of ether oxygens (including phenoxy) is 7. The largest absolute Gasteiger partial charge is 0.480 e. The van der Waals surface area contributed by atoms with Crippen molar-refractivity contribution in [2.45, 2.75) is 18.4 Å². The molecule has 46 heavy (non-hydrogen) atoms. The Bertz CT molecular complexity index is 1170. The van der Waals surface area contributed by atoms with Crippen LogP contribution in [0.4, 0.5) is 4.79 Å². The summed E-state index contributed by atoms with van der Waals surface area (Å²) in [4.78, 5) is 39.6. The first-order valence-corrected chi connectivity index (χ1v) is 15.4. The van der Waals surface area contributed by atoms with Crippen LogP contribution in [0.15, 0.2) is 48.5 Å². The molecule has 254 valence electrons. The number of carbonyl (C=O) groups excluding carboxylic acids is 2. The highest BCUT2D eigenvalue weighted by molar-refractivity contribution is 5.87. The summed E-state index contributed by atoms with van der Waals surface area (Å²) >= 11 is 0. The minimum absolute atomic E-state index is 0.00259. The number of hydrogen-bond donors (Lipinski definition) is 2. The van der Waals surface area contributed by atoms with Gasteiger partial charge in [0, 0.05) is 33.2 Å². The molecule has 3 rings (SSSR count). The lowest BCUT2D eigenvalue weighted by atomic mass is 9.98. The summed E-state index contributed by atoms with van der Waals surface area (Å²) in [6, 6.07) is 14.4. The monoisotopic (exact) mass is 646 g/mol. The number of nitrogens with zero attached hydrogens (tertiary/aromatic N) is 1. The van der Waals surface area contributed by atoms with Crippen molar-refractivity contribution in [3.8, 4) is 11.1 Å². The number of rotatable bonds is 24. The zero-order chi connectivity index (χ0) is 33.0. The molecule has 2 aromatic carbocycles. The number of benzene rings is 2. The van der Waals surface area contributed by atoms with E-state index in [9.17, 15) is 19.5 Å². The molecule has 0 aromatic heterocycles. The van der Waals surface area contributed by atoms with Crippen LogP contribution in [0.5, 0.6) is 0 Å². The van der Waals surface area contributed by atoms with E-state index in [2.05, 4.69) is 5.32 Å². The Hall–Kier alpha value is -3.59. The number of fused-ring (bicyclic) bond motifs is 3. The molecule has 2 aromatic rings. The third-order valence-electron chi connectivity index (χ3n) is 7.26. The van der Waals surface area contributed by atoms with Gasteiger partial charge in [0.05, 0.1) is 72.5 Å². The van der Waals surface area contributed by atoms with Crippen LogP contribution in [-0.2, 0) is 42.7 Å². The van der Waals surface area contributed by atoms with Crippen molar-refractivity contribution >= 4 is 18.0 Å². The van der Waals surface area contributed by atoms with Crippen LogP contribution in [0.3, 0.4) is 0 Å². The van der Waals surface area contributed by atoms with Crippen molar-refractivity contribution < 1.29 is 52.6 Å². The van der Waals surface area contributed by atoms with E-state index in [1.165, 1.54) is 0 Å². The van der Waals surface area contributed by atoms with Crippen LogP contribution < -0.4 is 5.32 Å². The van der Waals surface area contributed by atoms with E-state index in [4.69, 9.17) is 33.2 Å². The van der Waals surface area contributed by atoms with E-state index < -0.39 is 30.4 Å². The molecule has 0 heterocycles. The maximum absolute atomic E-state index is 13.5. The molecule has 0 bridgehead atoms. The lowest BCUT2D eigenvalue weighted by Gasteiger charge is -2.28. The molecule has 0 unspecified atom stereocenters. The maximum Gasteiger partial charge on any atom is 0.410 e. The third-order valence-corrected chi connectivity index (χ3v) is 7.26. The average molecular weight is 647 g/mol. The van der Waals surface area contributed by atoms with Gasteiger partial charge in [-0.3, -0.25) is 9.69 Å². The van der Waals surface area contributed by atoms with Crippen LogP contribution in [0.25, 0.3) is 11.1 Å². The summed E-state index contributed by atoms with van der Waals surface area (Å²) in [5, 5.41) is 12.7. The smallest absolute Gasteiger partial charge is 0.410 e. The van der Waals surface area contributed by atoms with Gasteiger partial charge >= 0.3 is 12.1 Å². The molecule has 2 amide bonds. The molecule has 13 nitrogen and oxygen atoms in total. The maximum atomic E-state index is 13.5. The quantitative estimate of drug-likeness (QED) is 0.162. The molecule has 0 saturated carbocycles. The highest BCUT2D eigenvalue weighted by atomic mass is 16.6. The molecule has 13 heteroatoms. The minimum Gasteiger partial charge on any atom is -0.480 e. The third kappa shape index (κ3) is 12.0. The Morgan fingerprint density at radius 1 is 0.739 bits per heavy atom. The molecule has 0 spiro atoms. The lowest BCUT2D eigenvalue weighted by Crippen LogP contribution is -2.49. The van der Waals surface area contributed by atoms with Gasteiger partial charge in [-0.25, -0.2) is 9.59 Å². The van der Waals surface area contributed by atoms with Gasteiger partial charge in [0.15, 0.2) is 0 Å². The summed E-state index contributed by atoms with van der Waals surface area (Å²) in [6.07, 6.45) is -1.32.